The van der Waals surface area contributed by atoms with Crippen LogP contribution in [0.4, 0.5) is 0 Å². The van der Waals surface area contributed by atoms with Crippen molar-refractivity contribution in [3.8, 4) is 11.5 Å². The second-order valence-corrected chi connectivity index (χ2v) is 6.61. The molecule has 0 aliphatic heterocycles. The molecule has 0 radical (unpaired) electrons. The molecular formula is C21H32O6. The minimum atomic E-state index is -0.816. The summed E-state index contributed by atoms with van der Waals surface area (Å²) in [6.07, 6.45) is 9.32. The van der Waals surface area contributed by atoms with E-state index in [9.17, 15) is 9.59 Å². The van der Waals surface area contributed by atoms with Gasteiger partial charge in [-0.3, -0.25) is 9.59 Å². The Morgan fingerprint density at radius 3 is 1.56 bits per heavy atom. The lowest BCUT2D eigenvalue weighted by Gasteiger charge is -2.12. The highest BCUT2D eigenvalue weighted by atomic mass is 16.5. The van der Waals surface area contributed by atoms with Crippen molar-refractivity contribution in [2.45, 2.75) is 70.6 Å². The predicted octanol–water partition coefficient (Wildman–Crippen LogP) is 4.90. The fourth-order valence-corrected chi connectivity index (χ4v) is 2.72. The van der Waals surface area contributed by atoms with Gasteiger partial charge < -0.3 is 19.7 Å². The van der Waals surface area contributed by atoms with Crippen LogP contribution in [-0.2, 0) is 9.59 Å². The zero-order chi connectivity index (χ0) is 19.7. The summed E-state index contributed by atoms with van der Waals surface area (Å²) in [5.74, 6) is -0.166. The molecule has 0 spiro atoms. The van der Waals surface area contributed by atoms with E-state index in [1.54, 1.807) is 0 Å². The molecule has 0 saturated heterocycles. The number of carboxylic acids is 2. The van der Waals surface area contributed by atoms with E-state index in [0.717, 1.165) is 44.9 Å². The first-order chi connectivity index (χ1) is 13.1. The van der Waals surface area contributed by atoms with Gasteiger partial charge in [-0.2, -0.15) is 0 Å². The average molecular weight is 380 g/mol. The first kappa shape index (κ1) is 22.8. The van der Waals surface area contributed by atoms with Gasteiger partial charge in [-0.05, 0) is 31.4 Å². The highest BCUT2D eigenvalue weighted by Crippen LogP contribution is 2.27. The topological polar surface area (TPSA) is 93.1 Å². The summed E-state index contributed by atoms with van der Waals surface area (Å²) < 4.78 is 11.4. The lowest BCUT2D eigenvalue weighted by atomic mass is 10.1. The molecule has 1 rings (SSSR count). The molecule has 0 fully saturated rings. The number of aliphatic carboxylic acids is 2. The van der Waals surface area contributed by atoms with Crippen LogP contribution in [-0.4, -0.2) is 35.4 Å². The standard InChI is InChI=1S/C21H32O6/c22-20(23)14-7-5-3-1-2-4-6-10-16-26-18-12-8-9-13-19(18)27-17-11-15-21(24)25/h8-9,12-13H,1-7,10-11,14-17H2,(H,22,23)(H,24,25). The molecule has 6 nitrogen and oxygen atoms in total. The zero-order valence-electron chi connectivity index (χ0n) is 16.0. The molecule has 2 N–H and O–H groups in total. The van der Waals surface area contributed by atoms with Gasteiger partial charge in [0.05, 0.1) is 13.2 Å². The van der Waals surface area contributed by atoms with Crippen molar-refractivity contribution < 1.29 is 29.3 Å². The molecule has 0 unspecified atom stereocenters. The van der Waals surface area contributed by atoms with E-state index in [1.165, 1.54) is 6.42 Å². The lowest BCUT2D eigenvalue weighted by Crippen LogP contribution is -2.04. The second-order valence-electron chi connectivity index (χ2n) is 6.61. The largest absolute Gasteiger partial charge is 0.490 e. The van der Waals surface area contributed by atoms with Crippen molar-refractivity contribution in [3.05, 3.63) is 24.3 Å². The van der Waals surface area contributed by atoms with Crippen molar-refractivity contribution >= 4 is 11.9 Å². The van der Waals surface area contributed by atoms with Crippen LogP contribution >= 0.6 is 0 Å². The summed E-state index contributed by atoms with van der Waals surface area (Å²) in [4.78, 5) is 20.9. The Bertz CT molecular complexity index is 543. The van der Waals surface area contributed by atoms with Crippen molar-refractivity contribution in [1.82, 2.24) is 0 Å². The smallest absolute Gasteiger partial charge is 0.303 e. The summed E-state index contributed by atoms with van der Waals surface area (Å²) in [6, 6.07) is 7.46. The SMILES string of the molecule is O=C(O)CCCCCCCCCCOc1ccccc1OCCCC(=O)O. The number of para-hydroxylation sites is 2. The van der Waals surface area contributed by atoms with Crippen LogP contribution in [0.3, 0.4) is 0 Å². The summed E-state index contributed by atoms with van der Waals surface area (Å²) in [6.45, 7) is 0.993. The maximum absolute atomic E-state index is 10.5. The molecule has 1 aromatic rings. The summed E-state index contributed by atoms with van der Waals surface area (Å²) >= 11 is 0. The Morgan fingerprint density at radius 2 is 1.04 bits per heavy atom. The lowest BCUT2D eigenvalue weighted by molar-refractivity contribution is -0.138. The summed E-state index contributed by atoms with van der Waals surface area (Å²) in [5.41, 5.74) is 0. The van der Waals surface area contributed by atoms with Gasteiger partial charge >= 0.3 is 11.9 Å². The normalized spacial score (nSPS) is 10.5. The molecule has 27 heavy (non-hydrogen) atoms. The predicted molar refractivity (Wildman–Crippen MR) is 103 cm³/mol. The number of hydrogen-bond acceptors (Lipinski definition) is 4. The molecule has 0 amide bonds. The van der Waals surface area contributed by atoms with E-state index in [0.29, 0.717) is 31.1 Å². The summed E-state index contributed by atoms with van der Waals surface area (Å²) in [7, 11) is 0. The van der Waals surface area contributed by atoms with Crippen molar-refractivity contribution in [3.63, 3.8) is 0 Å². The first-order valence-corrected chi connectivity index (χ1v) is 9.88. The maximum Gasteiger partial charge on any atom is 0.303 e. The van der Waals surface area contributed by atoms with E-state index in [1.807, 2.05) is 24.3 Å². The number of carboxylic acid groups (broad SMARTS) is 2. The van der Waals surface area contributed by atoms with Gasteiger partial charge in [0.25, 0.3) is 0 Å². The molecule has 0 saturated carbocycles. The fourth-order valence-electron chi connectivity index (χ4n) is 2.72. The molecule has 0 heterocycles. The third-order valence-electron chi connectivity index (χ3n) is 4.18. The van der Waals surface area contributed by atoms with Gasteiger partial charge in [-0.25, -0.2) is 0 Å². The van der Waals surface area contributed by atoms with Gasteiger partial charge in [0, 0.05) is 12.8 Å². The number of rotatable bonds is 17. The maximum atomic E-state index is 10.5. The minimum Gasteiger partial charge on any atom is -0.490 e. The Hall–Kier alpha value is -2.24. The highest BCUT2D eigenvalue weighted by Gasteiger charge is 2.05. The van der Waals surface area contributed by atoms with Crippen molar-refractivity contribution in [1.29, 1.82) is 0 Å². The number of benzene rings is 1. The van der Waals surface area contributed by atoms with Gasteiger partial charge in [0.15, 0.2) is 11.5 Å². The molecule has 0 aromatic heterocycles. The molecule has 0 atom stereocenters. The number of hydrogen-bond donors (Lipinski definition) is 2. The third-order valence-corrected chi connectivity index (χ3v) is 4.18. The zero-order valence-corrected chi connectivity index (χ0v) is 16.0. The monoisotopic (exact) mass is 380 g/mol. The minimum absolute atomic E-state index is 0.0998. The Labute approximate surface area is 161 Å². The highest BCUT2D eigenvalue weighted by molar-refractivity contribution is 5.66. The van der Waals surface area contributed by atoms with Crippen LogP contribution in [0.1, 0.15) is 70.6 Å². The van der Waals surface area contributed by atoms with Gasteiger partial charge in [-0.1, -0.05) is 50.7 Å². The number of ether oxygens (including phenoxy) is 2. The molecule has 152 valence electrons. The molecule has 0 aliphatic rings. The van der Waals surface area contributed by atoms with E-state index >= 15 is 0 Å². The van der Waals surface area contributed by atoms with Gasteiger partial charge in [0.1, 0.15) is 0 Å². The Kier molecular flexibility index (Phi) is 12.6. The van der Waals surface area contributed by atoms with E-state index in [2.05, 4.69) is 0 Å². The molecule has 1 aromatic carbocycles. The molecule has 6 heteroatoms. The third kappa shape index (κ3) is 12.7. The molecule has 0 bridgehead atoms. The first-order valence-electron chi connectivity index (χ1n) is 9.88. The Balaban J connectivity index is 2.06. The Morgan fingerprint density at radius 1 is 0.630 bits per heavy atom. The van der Waals surface area contributed by atoms with Crippen molar-refractivity contribution in [2.24, 2.45) is 0 Å². The van der Waals surface area contributed by atoms with Crippen molar-refractivity contribution in [2.75, 3.05) is 13.2 Å². The number of carbonyl (C=O) groups is 2. The average Bonchev–Trinajstić information content (AvgIpc) is 2.63. The van der Waals surface area contributed by atoms with Crippen LogP contribution in [0.25, 0.3) is 0 Å². The van der Waals surface area contributed by atoms with Gasteiger partial charge in [0.2, 0.25) is 0 Å². The number of unbranched alkanes of at least 4 members (excludes halogenated alkanes) is 7. The second kappa shape index (κ2) is 14.9. The van der Waals surface area contributed by atoms with Crippen LogP contribution in [0, 0.1) is 0 Å². The van der Waals surface area contributed by atoms with Crippen LogP contribution in [0.2, 0.25) is 0 Å². The van der Waals surface area contributed by atoms with E-state index in [-0.39, 0.29) is 12.8 Å². The fraction of sp³-hybridized carbons (Fsp3) is 0.619. The van der Waals surface area contributed by atoms with Gasteiger partial charge in [-0.15, -0.1) is 0 Å². The van der Waals surface area contributed by atoms with Crippen LogP contribution in [0.5, 0.6) is 11.5 Å². The quantitative estimate of drug-likeness (QED) is 0.373. The molecular weight excluding hydrogens is 348 g/mol. The molecule has 0 aliphatic carbocycles. The van der Waals surface area contributed by atoms with Crippen LogP contribution in [0.15, 0.2) is 24.3 Å². The van der Waals surface area contributed by atoms with E-state index in [4.69, 9.17) is 19.7 Å². The summed E-state index contributed by atoms with van der Waals surface area (Å²) in [5, 5.41) is 17.2. The van der Waals surface area contributed by atoms with Crippen LogP contribution < -0.4 is 9.47 Å². The van der Waals surface area contributed by atoms with E-state index < -0.39 is 11.9 Å².